The fourth-order valence-electron chi connectivity index (χ4n) is 1.08. The van der Waals surface area contributed by atoms with Crippen molar-refractivity contribution in [1.29, 1.82) is 0 Å². The van der Waals surface area contributed by atoms with Gasteiger partial charge in [-0.3, -0.25) is 0 Å². The summed E-state index contributed by atoms with van der Waals surface area (Å²) in [7, 11) is 0. The molecule has 0 fully saturated rings. The molecule has 0 spiro atoms. The van der Waals surface area contributed by atoms with Crippen LogP contribution in [-0.2, 0) is 23.7 Å². The van der Waals surface area contributed by atoms with Gasteiger partial charge < -0.3 is 24.1 Å². The number of carbonyl (C=O) groups excluding carboxylic acids is 1. The van der Waals surface area contributed by atoms with Gasteiger partial charge in [0.1, 0.15) is 6.61 Å². The van der Waals surface area contributed by atoms with E-state index in [1.807, 2.05) is 13.8 Å². The van der Waals surface area contributed by atoms with Gasteiger partial charge in [-0.15, -0.1) is 0 Å². The Bertz CT molecular complexity index is 248. The lowest BCUT2D eigenvalue weighted by Gasteiger charge is -2.06. The third-order valence-corrected chi connectivity index (χ3v) is 1.86. The second kappa shape index (κ2) is 13.5. The van der Waals surface area contributed by atoms with E-state index in [2.05, 4.69) is 0 Å². The molecular formula is C13H24O6. The van der Waals surface area contributed by atoms with Gasteiger partial charge in [0.15, 0.2) is 0 Å². The van der Waals surface area contributed by atoms with E-state index in [0.717, 1.165) is 5.57 Å². The Morgan fingerprint density at radius 2 is 1.37 bits per heavy atom. The largest absolute Gasteiger partial charge is 0.460 e. The summed E-state index contributed by atoms with van der Waals surface area (Å²) in [5.41, 5.74) is 0.905. The Kier molecular flexibility index (Phi) is 12.8. The van der Waals surface area contributed by atoms with Crippen LogP contribution < -0.4 is 0 Å². The molecule has 0 aromatic heterocycles. The van der Waals surface area contributed by atoms with Crippen molar-refractivity contribution in [2.75, 3.05) is 52.9 Å². The highest BCUT2D eigenvalue weighted by molar-refractivity contribution is 5.82. The van der Waals surface area contributed by atoms with Crippen molar-refractivity contribution >= 4 is 5.97 Å². The highest BCUT2D eigenvalue weighted by Gasteiger charge is 1.97. The molecule has 0 bridgehead atoms. The van der Waals surface area contributed by atoms with Crippen LogP contribution in [0.2, 0.25) is 0 Å². The second-order valence-electron chi connectivity index (χ2n) is 3.95. The van der Waals surface area contributed by atoms with Crippen molar-refractivity contribution in [1.82, 2.24) is 0 Å². The summed E-state index contributed by atoms with van der Waals surface area (Å²) in [4.78, 5) is 11.1. The van der Waals surface area contributed by atoms with Crippen LogP contribution in [0.3, 0.4) is 0 Å². The smallest absolute Gasteiger partial charge is 0.330 e. The molecule has 0 heterocycles. The lowest BCUT2D eigenvalue weighted by Crippen LogP contribution is -2.13. The van der Waals surface area contributed by atoms with Crippen LogP contribution in [0.25, 0.3) is 0 Å². The third kappa shape index (κ3) is 15.0. The summed E-state index contributed by atoms with van der Waals surface area (Å²) in [5, 5.41) is 8.45. The zero-order chi connectivity index (χ0) is 14.3. The number of rotatable bonds is 12. The molecule has 0 aromatic carbocycles. The molecule has 0 unspecified atom stereocenters. The van der Waals surface area contributed by atoms with Gasteiger partial charge >= 0.3 is 5.97 Å². The number of esters is 1. The molecule has 0 aliphatic rings. The van der Waals surface area contributed by atoms with E-state index in [9.17, 15) is 4.79 Å². The molecule has 1 N–H and O–H groups in total. The molecule has 0 amide bonds. The molecular weight excluding hydrogens is 252 g/mol. The average molecular weight is 276 g/mol. The zero-order valence-electron chi connectivity index (χ0n) is 11.7. The van der Waals surface area contributed by atoms with E-state index in [1.165, 1.54) is 6.08 Å². The predicted octanol–water partition coefficient (Wildman–Crippen LogP) is 0.538. The highest BCUT2D eigenvalue weighted by Crippen LogP contribution is 1.91. The first kappa shape index (κ1) is 18.0. The minimum Gasteiger partial charge on any atom is -0.460 e. The molecule has 112 valence electrons. The minimum absolute atomic E-state index is 0.0224. The highest BCUT2D eigenvalue weighted by atomic mass is 16.6. The van der Waals surface area contributed by atoms with Crippen molar-refractivity contribution in [3.05, 3.63) is 11.6 Å². The molecule has 0 saturated carbocycles. The summed E-state index contributed by atoms with van der Waals surface area (Å²) in [6, 6.07) is 0. The average Bonchev–Trinajstić information content (AvgIpc) is 2.35. The minimum atomic E-state index is -0.346. The molecule has 0 atom stereocenters. The Morgan fingerprint density at radius 3 is 1.84 bits per heavy atom. The van der Waals surface area contributed by atoms with Gasteiger partial charge in [-0.1, -0.05) is 5.57 Å². The molecule has 6 nitrogen and oxygen atoms in total. The standard InChI is InChI=1S/C13H24O6/c1-12(2)11-13(15)19-10-9-18-8-7-17-6-5-16-4-3-14/h11,14H,3-10H2,1-2H3. The van der Waals surface area contributed by atoms with Crippen molar-refractivity contribution < 1.29 is 28.8 Å². The fourth-order valence-corrected chi connectivity index (χ4v) is 1.08. The van der Waals surface area contributed by atoms with Crippen molar-refractivity contribution in [3.63, 3.8) is 0 Å². The molecule has 0 aliphatic heterocycles. The summed E-state index contributed by atoms with van der Waals surface area (Å²) < 4.78 is 20.3. The maximum Gasteiger partial charge on any atom is 0.330 e. The molecule has 0 aliphatic carbocycles. The number of hydrogen-bond acceptors (Lipinski definition) is 6. The van der Waals surface area contributed by atoms with E-state index in [4.69, 9.17) is 24.1 Å². The number of aliphatic hydroxyl groups excluding tert-OH is 1. The van der Waals surface area contributed by atoms with Gasteiger partial charge in [0, 0.05) is 6.08 Å². The molecule has 0 aromatic rings. The quantitative estimate of drug-likeness (QED) is 0.318. The summed E-state index contributed by atoms with van der Waals surface area (Å²) in [6.07, 6.45) is 1.44. The monoisotopic (exact) mass is 276 g/mol. The number of carbonyl (C=O) groups is 1. The van der Waals surface area contributed by atoms with E-state index < -0.39 is 0 Å². The zero-order valence-corrected chi connectivity index (χ0v) is 11.7. The first-order valence-electron chi connectivity index (χ1n) is 6.32. The SMILES string of the molecule is CC(C)=CC(=O)OCCOCCOCCOCCO. The molecule has 19 heavy (non-hydrogen) atoms. The van der Waals surface area contributed by atoms with E-state index in [0.29, 0.717) is 39.6 Å². The van der Waals surface area contributed by atoms with Crippen molar-refractivity contribution in [2.24, 2.45) is 0 Å². The maximum absolute atomic E-state index is 11.1. The molecule has 0 rings (SSSR count). The first-order valence-corrected chi connectivity index (χ1v) is 6.32. The van der Waals surface area contributed by atoms with Gasteiger partial charge in [-0.2, -0.15) is 0 Å². The number of hydrogen-bond donors (Lipinski definition) is 1. The molecule has 0 saturated heterocycles. The number of allylic oxidation sites excluding steroid dienone is 1. The van der Waals surface area contributed by atoms with Gasteiger partial charge in [-0.25, -0.2) is 4.79 Å². The topological polar surface area (TPSA) is 74.2 Å². The lowest BCUT2D eigenvalue weighted by atomic mass is 10.3. The summed E-state index contributed by atoms with van der Waals surface area (Å²) >= 11 is 0. The third-order valence-electron chi connectivity index (χ3n) is 1.86. The van der Waals surface area contributed by atoms with Crippen LogP contribution in [0.4, 0.5) is 0 Å². The fraction of sp³-hybridized carbons (Fsp3) is 0.769. The Labute approximate surface area is 114 Å². The second-order valence-corrected chi connectivity index (χ2v) is 3.95. The van der Waals surface area contributed by atoms with Gasteiger partial charge in [0.2, 0.25) is 0 Å². The maximum atomic E-state index is 11.1. The van der Waals surface area contributed by atoms with E-state index in [1.54, 1.807) is 0 Å². The Hall–Kier alpha value is -0.950. The molecule has 0 radical (unpaired) electrons. The Balaban J connectivity index is 3.15. The van der Waals surface area contributed by atoms with Crippen LogP contribution in [0.1, 0.15) is 13.8 Å². The van der Waals surface area contributed by atoms with Crippen LogP contribution in [0.15, 0.2) is 11.6 Å². The van der Waals surface area contributed by atoms with Crippen molar-refractivity contribution in [2.45, 2.75) is 13.8 Å². The summed E-state index contributed by atoms with van der Waals surface area (Å²) in [5.74, 6) is -0.346. The van der Waals surface area contributed by atoms with Crippen LogP contribution >= 0.6 is 0 Å². The predicted molar refractivity (Wildman–Crippen MR) is 69.9 cm³/mol. The van der Waals surface area contributed by atoms with E-state index in [-0.39, 0.29) is 19.2 Å². The van der Waals surface area contributed by atoms with Crippen molar-refractivity contribution in [3.8, 4) is 0 Å². The lowest BCUT2D eigenvalue weighted by molar-refractivity contribution is -0.139. The summed E-state index contributed by atoms with van der Waals surface area (Å²) in [6.45, 7) is 6.45. The Morgan fingerprint density at radius 1 is 0.895 bits per heavy atom. The van der Waals surface area contributed by atoms with Gasteiger partial charge in [0.05, 0.1) is 46.2 Å². The van der Waals surface area contributed by atoms with Gasteiger partial charge in [-0.05, 0) is 13.8 Å². The number of ether oxygens (including phenoxy) is 4. The van der Waals surface area contributed by atoms with Crippen LogP contribution in [0, 0.1) is 0 Å². The molecule has 6 heteroatoms. The van der Waals surface area contributed by atoms with Crippen LogP contribution in [0.5, 0.6) is 0 Å². The number of aliphatic hydroxyl groups is 1. The van der Waals surface area contributed by atoms with E-state index >= 15 is 0 Å². The van der Waals surface area contributed by atoms with Crippen LogP contribution in [-0.4, -0.2) is 63.9 Å². The normalized spacial score (nSPS) is 10.3. The first-order chi connectivity index (χ1) is 9.16. The van der Waals surface area contributed by atoms with Gasteiger partial charge in [0.25, 0.3) is 0 Å².